The van der Waals surface area contributed by atoms with E-state index in [1.807, 2.05) is 31.2 Å². The van der Waals surface area contributed by atoms with Crippen molar-refractivity contribution in [1.82, 2.24) is 4.90 Å². The van der Waals surface area contributed by atoms with Crippen LogP contribution in [0.25, 0.3) is 0 Å². The standard InChI is InChI=1S/C16H26N2O3/c1-3-5-9-18(10-11-19)16(20)17-14-7-6-8-15(13-14)21-12-4-2/h6-8,13,19H,3-5,9-12H2,1-2H3,(H,17,20). The summed E-state index contributed by atoms with van der Waals surface area (Å²) >= 11 is 0. The lowest BCUT2D eigenvalue weighted by molar-refractivity contribution is 0.187. The molecule has 2 amide bonds. The minimum absolute atomic E-state index is 0.0310. The maximum atomic E-state index is 12.2. The van der Waals surface area contributed by atoms with E-state index in [1.165, 1.54) is 0 Å². The van der Waals surface area contributed by atoms with Gasteiger partial charge in [-0.1, -0.05) is 26.3 Å². The zero-order valence-corrected chi connectivity index (χ0v) is 13.0. The summed E-state index contributed by atoms with van der Waals surface area (Å²) in [6.07, 6.45) is 2.88. The number of unbranched alkanes of at least 4 members (excludes halogenated alkanes) is 1. The van der Waals surface area contributed by atoms with Gasteiger partial charge in [-0.2, -0.15) is 0 Å². The van der Waals surface area contributed by atoms with E-state index in [1.54, 1.807) is 4.90 Å². The molecule has 0 fully saturated rings. The van der Waals surface area contributed by atoms with Crippen molar-refractivity contribution in [2.45, 2.75) is 33.1 Å². The Morgan fingerprint density at radius 1 is 1.29 bits per heavy atom. The highest BCUT2D eigenvalue weighted by molar-refractivity contribution is 5.89. The van der Waals surface area contributed by atoms with Crippen LogP contribution in [0.15, 0.2) is 24.3 Å². The smallest absolute Gasteiger partial charge is 0.321 e. The largest absolute Gasteiger partial charge is 0.494 e. The molecule has 0 bridgehead atoms. The lowest BCUT2D eigenvalue weighted by Gasteiger charge is -2.22. The van der Waals surface area contributed by atoms with E-state index in [0.717, 1.165) is 25.0 Å². The van der Waals surface area contributed by atoms with Crippen LogP contribution in [0.3, 0.4) is 0 Å². The Labute approximate surface area is 126 Å². The van der Waals surface area contributed by atoms with Gasteiger partial charge in [0, 0.05) is 24.8 Å². The lowest BCUT2D eigenvalue weighted by atomic mass is 10.3. The van der Waals surface area contributed by atoms with Crippen LogP contribution in [0.1, 0.15) is 33.1 Å². The van der Waals surface area contributed by atoms with Crippen molar-refractivity contribution in [2.75, 3.05) is 31.6 Å². The Morgan fingerprint density at radius 3 is 2.76 bits per heavy atom. The fourth-order valence-corrected chi connectivity index (χ4v) is 1.87. The molecule has 0 saturated carbocycles. The molecule has 0 atom stereocenters. The average molecular weight is 294 g/mol. The molecule has 0 saturated heterocycles. The van der Waals surface area contributed by atoms with Gasteiger partial charge in [0.05, 0.1) is 13.2 Å². The third kappa shape index (κ3) is 6.49. The Balaban J connectivity index is 2.62. The summed E-state index contributed by atoms with van der Waals surface area (Å²) in [5.74, 6) is 0.747. The zero-order valence-electron chi connectivity index (χ0n) is 13.0. The van der Waals surface area contributed by atoms with Gasteiger partial charge in [0.15, 0.2) is 0 Å². The third-order valence-electron chi connectivity index (χ3n) is 3.00. The second kappa shape index (κ2) is 10.0. The second-order valence-electron chi connectivity index (χ2n) is 4.87. The molecule has 2 N–H and O–H groups in total. The summed E-state index contributed by atoms with van der Waals surface area (Å²) in [4.78, 5) is 13.8. The van der Waals surface area contributed by atoms with Crippen LogP contribution in [0.5, 0.6) is 5.75 Å². The molecule has 0 aliphatic carbocycles. The van der Waals surface area contributed by atoms with E-state index in [9.17, 15) is 4.79 Å². The monoisotopic (exact) mass is 294 g/mol. The first kappa shape index (κ1) is 17.3. The van der Waals surface area contributed by atoms with Crippen molar-refractivity contribution in [3.8, 4) is 5.75 Å². The summed E-state index contributed by atoms with van der Waals surface area (Å²) in [6.45, 7) is 5.74. The predicted molar refractivity (Wildman–Crippen MR) is 84.8 cm³/mol. The maximum absolute atomic E-state index is 12.2. The molecule has 0 aromatic heterocycles. The number of anilines is 1. The number of benzene rings is 1. The molecule has 0 heterocycles. The van der Waals surface area contributed by atoms with Gasteiger partial charge in [0.1, 0.15) is 5.75 Å². The summed E-state index contributed by atoms with van der Waals surface area (Å²) < 4.78 is 5.55. The molecule has 5 heteroatoms. The number of ether oxygens (including phenoxy) is 1. The first-order valence-electron chi connectivity index (χ1n) is 7.60. The SMILES string of the molecule is CCCCN(CCO)C(=O)Nc1cccc(OCCC)c1. The molecule has 0 radical (unpaired) electrons. The minimum atomic E-state index is -0.190. The van der Waals surface area contributed by atoms with Gasteiger partial charge in [-0.15, -0.1) is 0 Å². The minimum Gasteiger partial charge on any atom is -0.494 e. The summed E-state index contributed by atoms with van der Waals surface area (Å²) in [7, 11) is 0. The van der Waals surface area contributed by atoms with Crippen molar-refractivity contribution >= 4 is 11.7 Å². The molecule has 1 aromatic rings. The summed E-state index contributed by atoms with van der Waals surface area (Å²) in [6, 6.07) is 7.17. The predicted octanol–water partition coefficient (Wildman–Crippen LogP) is 3.10. The highest BCUT2D eigenvalue weighted by Gasteiger charge is 2.12. The summed E-state index contributed by atoms with van der Waals surface area (Å²) in [5.41, 5.74) is 0.702. The first-order chi connectivity index (χ1) is 10.2. The van der Waals surface area contributed by atoms with Crippen molar-refractivity contribution < 1.29 is 14.6 Å². The van der Waals surface area contributed by atoms with E-state index >= 15 is 0 Å². The number of hydrogen-bond acceptors (Lipinski definition) is 3. The van der Waals surface area contributed by atoms with Crippen molar-refractivity contribution in [3.05, 3.63) is 24.3 Å². The van der Waals surface area contributed by atoms with E-state index in [-0.39, 0.29) is 12.6 Å². The van der Waals surface area contributed by atoms with Gasteiger partial charge < -0.3 is 20.1 Å². The molecule has 118 valence electrons. The van der Waals surface area contributed by atoms with E-state index < -0.39 is 0 Å². The van der Waals surface area contributed by atoms with Gasteiger partial charge in [-0.05, 0) is 25.0 Å². The van der Waals surface area contributed by atoms with E-state index in [0.29, 0.717) is 25.4 Å². The molecular formula is C16H26N2O3. The van der Waals surface area contributed by atoms with Crippen LogP contribution in [-0.2, 0) is 0 Å². The number of carbonyl (C=O) groups is 1. The zero-order chi connectivity index (χ0) is 15.5. The Hall–Kier alpha value is -1.75. The van der Waals surface area contributed by atoms with Gasteiger partial charge >= 0.3 is 6.03 Å². The van der Waals surface area contributed by atoms with Crippen LogP contribution < -0.4 is 10.1 Å². The molecule has 0 aliphatic rings. The Morgan fingerprint density at radius 2 is 2.10 bits per heavy atom. The number of rotatable bonds is 9. The number of aliphatic hydroxyl groups is 1. The van der Waals surface area contributed by atoms with Crippen LogP contribution in [0, 0.1) is 0 Å². The van der Waals surface area contributed by atoms with Crippen molar-refractivity contribution in [2.24, 2.45) is 0 Å². The van der Waals surface area contributed by atoms with Gasteiger partial charge in [0.2, 0.25) is 0 Å². The highest BCUT2D eigenvalue weighted by atomic mass is 16.5. The molecule has 1 rings (SSSR count). The number of carbonyl (C=O) groups excluding carboxylic acids is 1. The molecule has 0 spiro atoms. The number of nitrogens with zero attached hydrogens (tertiary/aromatic N) is 1. The van der Waals surface area contributed by atoms with Crippen LogP contribution in [0.4, 0.5) is 10.5 Å². The first-order valence-corrected chi connectivity index (χ1v) is 7.60. The van der Waals surface area contributed by atoms with Crippen molar-refractivity contribution in [1.29, 1.82) is 0 Å². The molecule has 0 unspecified atom stereocenters. The van der Waals surface area contributed by atoms with Gasteiger partial charge in [-0.3, -0.25) is 0 Å². The normalized spacial score (nSPS) is 10.2. The van der Waals surface area contributed by atoms with Crippen LogP contribution >= 0.6 is 0 Å². The topological polar surface area (TPSA) is 61.8 Å². The van der Waals surface area contributed by atoms with Crippen molar-refractivity contribution in [3.63, 3.8) is 0 Å². The lowest BCUT2D eigenvalue weighted by Crippen LogP contribution is -2.37. The third-order valence-corrected chi connectivity index (χ3v) is 3.00. The molecular weight excluding hydrogens is 268 g/mol. The number of urea groups is 1. The highest BCUT2D eigenvalue weighted by Crippen LogP contribution is 2.18. The van der Waals surface area contributed by atoms with Crippen LogP contribution in [-0.4, -0.2) is 42.3 Å². The number of aliphatic hydroxyl groups excluding tert-OH is 1. The summed E-state index contributed by atoms with van der Waals surface area (Å²) in [5, 5.41) is 11.9. The molecule has 5 nitrogen and oxygen atoms in total. The second-order valence-corrected chi connectivity index (χ2v) is 4.87. The van der Waals surface area contributed by atoms with Gasteiger partial charge in [-0.25, -0.2) is 4.79 Å². The number of amides is 2. The van der Waals surface area contributed by atoms with Gasteiger partial charge in [0.25, 0.3) is 0 Å². The van der Waals surface area contributed by atoms with Crippen LogP contribution in [0.2, 0.25) is 0 Å². The quantitative estimate of drug-likeness (QED) is 0.735. The number of hydrogen-bond donors (Lipinski definition) is 2. The Kier molecular flexibility index (Phi) is 8.28. The molecule has 0 aliphatic heterocycles. The molecule has 21 heavy (non-hydrogen) atoms. The number of nitrogens with one attached hydrogen (secondary N) is 1. The molecule has 1 aromatic carbocycles. The van der Waals surface area contributed by atoms with E-state index in [2.05, 4.69) is 12.2 Å². The fourth-order valence-electron chi connectivity index (χ4n) is 1.87. The Bertz CT molecular complexity index is 424. The fraction of sp³-hybridized carbons (Fsp3) is 0.562. The maximum Gasteiger partial charge on any atom is 0.321 e. The van der Waals surface area contributed by atoms with E-state index in [4.69, 9.17) is 9.84 Å². The average Bonchev–Trinajstić information content (AvgIpc) is 2.49.